The van der Waals surface area contributed by atoms with Crippen LogP contribution < -0.4 is 0 Å². The van der Waals surface area contributed by atoms with Crippen molar-refractivity contribution in [1.29, 1.82) is 0 Å². The van der Waals surface area contributed by atoms with E-state index >= 15 is 0 Å². The lowest BCUT2D eigenvalue weighted by atomic mass is 9.42. The topological polar surface area (TPSA) is 165 Å². The zero-order valence-electron chi connectivity index (χ0n) is 22.7. The van der Waals surface area contributed by atoms with Crippen LogP contribution in [0.15, 0.2) is 0 Å². The van der Waals surface area contributed by atoms with E-state index in [4.69, 9.17) is 4.18 Å². The lowest BCUT2D eigenvalue weighted by Crippen LogP contribution is -2.69. The first-order valence-electron chi connectivity index (χ1n) is 14.1. The molecule has 0 amide bonds. The minimum absolute atomic E-state index is 0.0470. The molecule has 0 radical (unpaired) electrons. The fourth-order valence-electron chi connectivity index (χ4n) is 9.66. The number of hydrogen-bond acceptors (Lipinski definition) is 8. The molecule has 4 saturated carbocycles. The molecule has 0 aromatic rings. The minimum atomic E-state index is -4.84. The van der Waals surface area contributed by atoms with Crippen LogP contribution in [0.2, 0.25) is 0 Å². The summed E-state index contributed by atoms with van der Waals surface area (Å²) >= 11 is 0. The van der Waals surface area contributed by atoms with Crippen LogP contribution in [0.4, 0.5) is 0 Å². The zero-order valence-corrected chi connectivity index (χ0v) is 23.5. The zero-order chi connectivity index (χ0) is 27.6. The van der Waals surface area contributed by atoms with Gasteiger partial charge in [0.2, 0.25) is 0 Å². The second-order valence-electron chi connectivity index (χ2n) is 13.5. The quantitative estimate of drug-likeness (QED) is 0.250. The van der Waals surface area contributed by atoms with Gasteiger partial charge in [-0.3, -0.25) is 4.55 Å². The van der Waals surface area contributed by atoms with Crippen LogP contribution in [0, 0.1) is 46.3 Å². The summed E-state index contributed by atoms with van der Waals surface area (Å²) in [6, 6.07) is 0. The molecule has 0 spiro atoms. The van der Waals surface area contributed by atoms with Crippen molar-refractivity contribution in [3.05, 3.63) is 0 Å². The van der Waals surface area contributed by atoms with Gasteiger partial charge in [-0.1, -0.05) is 40.5 Å². The third-order valence-electron chi connectivity index (χ3n) is 11.5. The van der Waals surface area contributed by atoms with E-state index in [-0.39, 0.29) is 49.0 Å². The number of fused-ring (bicyclic) bond motifs is 5. The Labute approximate surface area is 221 Å². The van der Waals surface area contributed by atoms with E-state index in [1.165, 1.54) is 0 Å². The molecule has 6 N–H and O–H groups in total. The average Bonchev–Trinajstić information content (AvgIpc) is 3.00. The van der Waals surface area contributed by atoms with Crippen molar-refractivity contribution in [3.63, 3.8) is 0 Å². The summed E-state index contributed by atoms with van der Waals surface area (Å²) in [7, 11) is -4.84. The minimum Gasteiger partial charge on any atom is -0.396 e. The van der Waals surface area contributed by atoms with E-state index in [1.54, 1.807) is 0 Å². The van der Waals surface area contributed by atoms with Crippen molar-refractivity contribution in [2.24, 2.45) is 46.3 Å². The van der Waals surface area contributed by atoms with Gasteiger partial charge in [0.15, 0.2) is 0 Å². The fourth-order valence-corrected chi connectivity index (χ4v) is 10.2. The van der Waals surface area contributed by atoms with Gasteiger partial charge in [-0.05, 0) is 79.4 Å². The van der Waals surface area contributed by atoms with Crippen LogP contribution in [0.3, 0.4) is 0 Å². The summed E-state index contributed by atoms with van der Waals surface area (Å²) in [4.78, 5) is 0. The highest BCUT2D eigenvalue weighted by Crippen LogP contribution is 2.69. The molecule has 4 rings (SSSR count). The Morgan fingerprint density at radius 1 is 1.05 bits per heavy atom. The molecule has 0 aromatic heterocycles. The molecule has 216 valence electrons. The molecule has 13 atom stereocenters. The molecule has 0 aromatic carbocycles. The molecule has 4 aliphatic carbocycles. The predicted molar refractivity (Wildman–Crippen MR) is 137 cm³/mol. The Hall–Kier alpha value is -0.330. The van der Waals surface area contributed by atoms with Gasteiger partial charge in [-0.2, -0.15) is 8.42 Å². The van der Waals surface area contributed by atoms with Crippen LogP contribution in [0.5, 0.6) is 0 Å². The van der Waals surface area contributed by atoms with Crippen LogP contribution in [-0.4, -0.2) is 75.1 Å². The second-order valence-corrected chi connectivity index (χ2v) is 14.6. The van der Waals surface area contributed by atoms with Gasteiger partial charge in [-0.15, -0.1) is 0 Å². The maximum atomic E-state index is 12.0. The van der Waals surface area contributed by atoms with Crippen LogP contribution in [0.25, 0.3) is 0 Å². The van der Waals surface area contributed by atoms with Crippen molar-refractivity contribution >= 4 is 10.4 Å². The van der Waals surface area contributed by atoms with Gasteiger partial charge in [0, 0.05) is 18.4 Å². The number of hydrogen-bond donors (Lipinski definition) is 6. The predicted octanol–water partition coefficient (Wildman–Crippen LogP) is 2.30. The third-order valence-corrected chi connectivity index (χ3v) is 11.9. The van der Waals surface area contributed by atoms with Crippen LogP contribution in [0.1, 0.15) is 85.5 Å². The van der Waals surface area contributed by atoms with Gasteiger partial charge < -0.3 is 25.5 Å². The van der Waals surface area contributed by atoms with E-state index in [2.05, 4.69) is 13.8 Å². The highest BCUT2D eigenvalue weighted by molar-refractivity contribution is 7.80. The van der Waals surface area contributed by atoms with E-state index in [1.807, 2.05) is 13.8 Å². The largest absolute Gasteiger partial charge is 0.397 e. The SMILES string of the molecule is C[C@@H](CO)CCC[C@@H](C)[C@H]1[C@@H](O)C(OS(=O)(=O)O)C2C3C[C@@H](O)[C@@]4(O)C[C@@H](O)CC[C@]4(C)C3CC[C@@]21C. The van der Waals surface area contributed by atoms with Crippen LogP contribution >= 0.6 is 0 Å². The van der Waals surface area contributed by atoms with Gasteiger partial charge in [0.25, 0.3) is 0 Å². The Morgan fingerprint density at radius 3 is 2.35 bits per heavy atom. The molecule has 9 nitrogen and oxygen atoms in total. The summed E-state index contributed by atoms with van der Waals surface area (Å²) in [5, 5.41) is 54.3. The fraction of sp³-hybridized carbons (Fsp3) is 1.00. The van der Waals surface area contributed by atoms with E-state index < -0.39 is 57.2 Å². The van der Waals surface area contributed by atoms with E-state index in [9.17, 15) is 38.5 Å². The maximum absolute atomic E-state index is 12.0. The van der Waals surface area contributed by atoms with Gasteiger partial charge >= 0.3 is 10.4 Å². The molecule has 4 aliphatic rings. The summed E-state index contributed by atoms with van der Waals surface area (Å²) in [5.41, 5.74) is -2.60. The number of aliphatic hydroxyl groups excluding tert-OH is 4. The Balaban J connectivity index is 1.69. The van der Waals surface area contributed by atoms with Gasteiger partial charge in [-0.25, -0.2) is 4.18 Å². The maximum Gasteiger partial charge on any atom is 0.397 e. The Kier molecular flexibility index (Phi) is 8.21. The number of rotatable bonds is 8. The molecule has 4 fully saturated rings. The van der Waals surface area contributed by atoms with Crippen molar-refractivity contribution in [2.75, 3.05) is 6.61 Å². The summed E-state index contributed by atoms with van der Waals surface area (Å²) < 4.78 is 38.8. The first-order valence-corrected chi connectivity index (χ1v) is 15.5. The van der Waals surface area contributed by atoms with Crippen LogP contribution in [-0.2, 0) is 14.6 Å². The summed E-state index contributed by atoms with van der Waals surface area (Å²) in [5.74, 6) is -0.741. The molecular weight excluding hydrogens is 500 g/mol. The van der Waals surface area contributed by atoms with E-state index in [0.29, 0.717) is 19.3 Å². The molecule has 4 unspecified atom stereocenters. The molecule has 0 aliphatic heterocycles. The number of aliphatic hydroxyl groups is 5. The van der Waals surface area contributed by atoms with Crippen molar-refractivity contribution in [2.45, 2.75) is 115 Å². The third kappa shape index (κ3) is 4.92. The highest BCUT2D eigenvalue weighted by atomic mass is 32.3. The molecule has 0 saturated heterocycles. The monoisotopic (exact) mass is 548 g/mol. The first-order chi connectivity index (χ1) is 17.1. The van der Waals surface area contributed by atoms with Crippen molar-refractivity contribution < 1.29 is 42.7 Å². The highest BCUT2D eigenvalue weighted by Gasteiger charge is 2.71. The van der Waals surface area contributed by atoms with Crippen molar-refractivity contribution in [3.8, 4) is 0 Å². The molecule has 37 heavy (non-hydrogen) atoms. The van der Waals surface area contributed by atoms with Gasteiger partial charge in [0.1, 0.15) is 6.10 Å². The standard InChI is InChI=1S/C27H48O9S/c1-15(14-28)6-5-7-16(2)21-23(31)24(36-37(33,34)35)22-18-12-20(30)27(32)13-17(29)8-11-26(27,4)19(18)9-10-25(21,22)3/h15-24,28-32H,5-14H2,1-4H3,(H,33,34,35)/t15-,16-,17+,18?,19?,20-,21+,22?,23-,24?,25-,26-,27+/m1/s1. The molecule has 0 heterocycles. The Morgan fingerprint density at radius 2 is 1.73 bits per heavy atom. The summed E-state index contributed by atoms with van der Waals surface area (Å²) in [6.07, 6.45) is 1.35. The smallest absolute Gasteiger partial charge is 0.396 e. The van der Waals surface area contributed by atoms with E-state index in [0.717, 1.165) is 25.7 Å². The molecule has 0 bridgehead atoms. The van der Waals surface area contributed by atoms with Gasteiger partial charge in [0.05, 0.1) is 23.9 Å². The lowest BCUT2D eigenvalue weighted by molar-refractivity contribution is -0.267. The first kappa shape index (κ1) is 29.6. The Bertz CT molecular complexity index is 929. The van der Waals surface area contributed by atoms with Crippen molar-refractivity contribution in [1.82, 2.24) is 0 Å². The molecular formula is C27H48O9S. The normalized spacial score (nSPS) is 49.6. The second kappa shape index (κ2) is 10.3. The average molecular weight is 549 g/mol. The molecule has 10 heteroatoms. The lowest BCUT2D eigenvalue weighted by Gasteiger charge is -2.65. The summed E-state index contributed by atoms with van der Waals surface area (Å²) in [6.45, 7) is 8.25.